The monoisotopic (exact) mass is 383 g/mol. The predicted molar refractivity (Wildman–Crippen MR) is 105 cm³/mol. The van der Waals surface area contributed by atoms with Crippen LogP contribution in [0.4, 0.5) is 4.39 Å². The molecule has 1 unspecified atom stereocenters. The molecule has 0 saturated carbocycles. The maximum Gasteiger partial charge on any atom is 0.123 e. The van der Waals surface area contributed by atoms with Crippen molar-refractivity contribution in [2.75, 3.05) is 13.6 Å². The van der Waals surface area contributed by atoms with Crippen LogP contribution in [0.1, 0.15) is 22.9 Å². The zero-order valence-electron chi connectivity index (χ0n) is 14.9. The topological polar surface area (TPSA) is 56.9 Å². The van der Waals surface area contributed by atoms with E-state index in [0.717, 1.165) is 36.0 Å². The van der Waals surface area contributed by atoms with Crippen LogP contribution in [0.25, 0.3) is 21.3 Å². The molecule has 138 valence electrons. The second kappa shape index (κ2) is 7.24. The molecule has 1 atom stereocenters. The van der Waals surface area contributed by atoms with Crippen molar-refractivity contribution in [2.45, 2.75) is 25.6 Å². The van der Waals surface area contributed by atoms with Gasteiger partial charge in [-0.15, -0.1) is 0 Å². The number of fused-ring (bicyclic) bond motifs is 3. The third kappa shape index (κ3) is 3.39. The zero-order chi connectivity index (χ0) is 19.0. The average Bonchev–Trinajstić information content (AvgIpc) is 2.94. The van der Waals surface area contributed by atoms with Crippen LogP contribution < -0.4 is 0 Å². The third-order valence-corrected chi connectivity index (χ3v) is 5.44. The van der Waals surface area contributed by atoms with Crippen molar-refractivity contribution in [3.05, 3.63) is 80.6 Å². The fourth-order valence-electron chi connectivity index (χ4n) is 3.89. The van der Waals surface area contributed by atoms with E-state index >= 15 is 0 Å². The Morgan fingerprint density at radius 3 is 2.78 bits per heavy atom. The maximum atomic E-state index is 13.3. The number of nitrogens with zero attached hydrogens (tertiary/aromatic N) is 5. The number of halogens is 2. The number of hydrogen-bond acceptors (Lipinski definition) is 2. The molecule has 1 aromatic heterocycles. The van der Waals surface area contributed by atoms with E-state index in [0.29, 0.717) is 11.6 Å². The summed E-state index contributed by atoms with van der Waals surface area (Å²) in [7, 11) is 2.11. The van der Waals surface area contributed by atoms with Crippen molar-refractivity contribution in [3.63, 3.8) is 0 Å². The van der Waals surface area contributed by atoms with Gasteiger partial charge in [0, 0.05) is 52.6 Å². The first-order valence-corrected chi connectivity index (χ1v) is 9.22. The lowest BCUT2D eigenvalue weighted by molar-refractivity contribution is 0.308. The van der Waals surface area contributed by atoms with E-state index in [1.165, 1.54) is 23.4 Å². The molecule has 0 N–H and O–H groups in total. The maximum absolute atomic E-state index is 13.3. The van der Waals surface area contributed by atoms with Crippen molar-refractivity contribution < 1.29 is 4.39 Å². The normalized spacial score (nSPS) is 15.4. The van der Waals surface area contributed by atoms with Gasteiger partial charge in [-0.05, 0) is 54.0 Å². The number of benzene rings is 2. The summed E-state index contributed by atoms with van der Waals surface area (Å²) in [4.78, 5) is 5.31. The molecule has 27 heavy (non-hydrogen) atoms. The molecular formula is C20H19ClFN5. The SMILES string of the molecule is CN1CCc2c(c3cc(Cl)ccc3n2CC(N=[N+]=[N-])c2ccc(F)cc2)C1. The molecule has 2 heterocycles. The Kier molecular flexibility index (Phi) is 4.79. The van der Waals surface area contributed by atoms with Crippen molar-refractivity contribution in [1.29, 1.82) is 0 Å². The van der Waals surface area contributed by atoms with E-state index in [4.69, 9.17) is 17.1 Å². The number of hydrogen-bond donors (Lipinski definition) is 0. The first-order valence-electron chi connectivity index (χ1n) is 8.84. The first-order chi connectivity index (χ1) is 13.1. The van der Waals surface area contributed by atoms with Gasteiger partial charge in [0.2, 0.25) is 0 Å². The smallest absolute Gasteiger partial charge is 0.123 e. The van der Waals surface area contributed by atoms with E-state index in [-0.39, 0.29) is 5.82 Å². The fourth-order valence-corrected chi connectivity index (χ4v) is 4.07. The van der Waals surface area contributed by atoms with Crippen LogP contribution in [0.2, 0.25) is 5.02 Å². The lowest BCUT2D eigenvalue weighted by atomic mass is 10.0. The highest BCUT2D eigenvalue weighted by atomic mass is 35.5. The second-order valence-electron chi connectivity index (χ2n) is 6.96. The van der Waals surface area contributed by atoms with Crippen LogP contribution in [0.3, 0.4) is 0 Å². The van der Waals surface area contributed by atoms with Gasteiger partial charge in [0.15, 0.2) is 0 Å². The lowest BCUT2D eigenvalue weighted by Gasteiger charge is -2.25. The Bertz CT molecular complexity index is 1040. The Morgan fingerprint density at radius 2 is 2.04 bits per heavy atom. The van der Waals surface area contributed by atoms with E-state index in [1.807, 2.05) is 18.2 Å². The third-order valence-electron chi connectivity index (χ3n) is 5.21. The lowest BCUT2D eigenvalue weighted by Crippen LogP contribution is -2.27. The van der Waals surface area contributed by atoms with Crippen LogP contribution in [-0.2, 0) is 19.5 Å². The summed E-state index contributed by atoms with van der Waals surface area (Å²) >= 11 is 6.25. The quantitative estimate of drug-likeness (QED) is 0.334. The molecule has 0 fully saturated rings. The first kappa shape index (κ1) is 17.9. The molecule has 5 nitrogen and oxygen atoms in total. The minimum Gasteiger partial charge on any atom is -0.343 e. The Labute approximate surface area is 161 Å². The largest absolute Gasteiger partial charge is 0.343 e. The summed E-state index contributed by atoms with van der Waals surface area (Å²) in [6.45, 7) is 2.34. The second-order valence-corrected chi connectivity index (χ2v) is 7.39. The van der Waals surface area contributed by atoms with Crippen molar-refractivity contribution in [1.82, 2.24) is 9.47 Å². The fraction of sp³-hybridized carbons (Fsp3) is 0.300. The Hall–Kier alpha value is -2.53. The summed E-state index contributed by atoms with van der Waals surface area (Å²) < 4.78 is 15.5. The zero-order valence-corrected chi connectivity index (χ0v) is 15.7. The molecule has 7 heteroatoms. The Balaban J connectivity index is 1.82. The van der Waals surface area contributed by atoms with Crippen LogP contribution in [0.15, 0.2) is 47.6 Å². The highest BCUT2D eigenvalue weighted by molar-refractivity contribution is 6.31. The van der Waals surface area contributed by atoms with Crippen molar-refractivity contribution in [2.24, 2.45) is 5.11 Å². The summed E-state index contributed by atoms with van der Waals surface area (Å²) in [5.74, 6) is -0.306. The van der Waals surface area contributed by atoms with Crippen LogP contribution in [0.5, 0.6) is 0 Å². The standard InChI is InChI=1S/C20H19ClFN5/c1-26-9-8-20-17(11-26)16-10-14(21)4-7-19(16)27(20)12-18(24-25-23)13-2-5-15(22)6-3-13/h2-7,10,18H,8-9,11-12H2,1H3. The van der Waals surface area contributed by atoms with E-state index < -0.39 is 6.04 Å². The van der Waals surface area contributed by atoms with Gasteiger partial charge in [0.25, 0.3) is 0 Å². The molecule has 0 radical (unpaired) electrons. The molecule has 0 bridgehead atoms. The number of likely N-dealkylation sites (N-methyl/N-ethyl adjacent to an activating group) is 1. The molecule has 0 spiro atoms. The summed E-state index contributed by atoms with van der Waals surface area (Å²) in [5.41, 5.74) is 13.5. The van der Waals surface area contributed by atoms with Gasteiger partial charge in [-0.1, -0.05) is 28.8 Å². The molecule has 1 aliphatic heterocycles. The predicted octanol–water partition coefficient (Wildman–Crippen LogP) is 5.47. The molecule has 0 saturated heterocycles. The van der Waals surface area contributed by atoms with E-state index in [2.05, 4.69) is 26.5 Å². The average molecular weight is 384 g/mol. The summed E-state index contributed by atoms with van der Waals surface area (Å²) in [6.07, 6.45) is 0.921. The highest BCUT2D eigenvalue weighted by Crippen LogP contribution is 2.34. The molecule has 1 aliphatic rings. The molecule has 4 rings (SSSR count). The molecule has 3 aromatic rings. The molecular weight excluding hydrogens is 365 g/mol. The van der Waals surface area contributed by atoms with Gasteiger partial charge in [-0.25, -0.2) is 4.39 Å². The number of azide groups is 1. The number of rotatable bonds is 4. The minimum atomic E-state index is -0.411. The number of aromatic nitrogens is 1. The van der Waals surface area contributed by atoms with E-state index in [1.54, 1.807) is 12.1 Å². The highest BCUT2D eigenvalue weighted by Gasteiger charge is 2.24. The Morgan fingerprint density at radius 1 is 1.26 bits per heavy atom. The molecule has 0 aliphatic carbocycles. The van der Waals surface area contributed by atoms with Gasteiger partial charge in [0.1, 0.15) is 5.82 Å². The molecule has 2 aromatic carbocycles. The van der Waals surface area contributed by atoms with Crippen molar-refractivity contribution in [3.8, 4) is 0 Å². The minimum absolute atomic E-state index is 0.306. The molecule has 0 amide bonds. The van der Waals surface area contributed by atoms with Gasteiger partial charge in [-0.2, -0.15) is 0 Å². The summed E-state index contributed by atoms with van der Waals surface area (Å²) in [5, 5.41) is 5.84. The van der Waals surface area contributed by atoms with Crippen LogP contribution >= 0.6 is 11.6 Å². The van der Waals surface area contributed by atoms with Crippen LogP contribution in [0, 0.1) is 5.82 Å². The van der Waals surface area contributed by atoms with Gasteiger partial charge in [-0.3, -0.25) is 0 Å². The summed E-state index contributed by atoms with van der Waals surface area (Å²) in [6, 6.07) is 11.6. The van der Waals surface area contributed by atoms with Crippen LogP contribution in [-0.4, -0.2) is 23.1 Å². The van der Waals surface area contributed by atoms with Crippen molar-refractivity contribution >= 4 is 22.5 Å². The van der Waals surface area contributed by atoms with Gasteiger partial charge in [0.05, 0.1) is 6.04 Å². The van der Waals surface area contributed by atoms with Gasteiger partial charge >= 0.3 is 0 Å². The van der Waals surface area contributed by atoms with Gasteiger partial charge < -0.3 is 9.47 Å². The van der Waals surface area contributed by atoms with E-state index in [9.17, 15) is 4.39 Å².